The zero-order valence-electron chi connectivity index (χ0n) is 18.4. The molecular weight excluding hydrogens is 392 g/mol. The molecule has 0 spiro atoms. The SMILES string of the molecule is Cc1cccc(NC(=O)NC2CCCCN(CC(=O)N3CC4CCC(CC4)C3)C2=O)c1. The van der Waals surface area contributed by atoms with Crippen molar-refractivity contribution in [1.82, 2.24) is 15.1 Å². The zero-order chi connectivity index (χ0) is 21.8. The molecule has 4 aliphatic rings. The number of likely N-dealkylation sites (tertiary alicyclic amines) is 1. The number of nitrogens with one attached hydrogen (secondary N) is 2. The topological polar surface area (TPSA) is 81.8 Å². The van der Waals surface area contributed by atoms with Gasteiger partial charge in [-0.2, -0.15) is 0 Å². The highest BCUT2D eigenvalue weighted by Crippen LogP contribution is 2.33. The van der Waals surface area contributed by atoms with E-state index in [0.29, 0.717) is 30.5 Å². The van der Waals surface area contributed by atoms with E-state index < -0.39 is 6.04 Å². The molecular formula is C24H34N4O3. The molecule has 3 heterocycles. The third kappa shape index (κ3) is 5.57. The maximum Gasteiger partial charge on any atom is 0.319 e. The second kappa shape index (κ2) is 9.71. The molecule has 168 valence electrons. The molecule has 3 saturated heterocycles. The van der Waals surface area contributed by atoms with Crippen LogP contribution in [-0.4, -0.2) is 59.9 Å². The summed E-state index contributed by atoms with van der Waals surface area (Å²) in [6.45, 7) is 4.32. The summed E-state index contributed by atoms with van der Waals surface area (Å²) in [5, 5.41) is 5.63. The van der Waals surface area contributed by atoms with E-state index in [-0.39, 0.29) is 24.4 Å². The summed E-state index contributed by atoms with van der Waals surface area (Å²) < 4.78 is 0. The highest BCUT2D eigenvalue weighted by Gasteiger charge is 2.34. The second-order valence-electron chi connectivity index (χ2n) is 9.46. The van der Waals surface area contributed by atoms with Crippen LogP contribution < -0.4 is 10.6 Å². The summed E-state index contributed by atoms with van der Waals surface area (Å²) in [4.78, 5) is 42.3. The van der Waals surface area contributed by atoms with Gasteiger partial charge in [-0.3, -0.25) is 9.59 Å². The number of urea groups is 1. The van der Waals surface area contributed by atoms with E-state index in [1.807, 2.05) is 36.1 Å². The van der Waals surface area contributed by atoms with E-state index in [0.717, 1.165) is 31.5 Å². The fraction of sp³-hybridized carbons (Fsp3) is 0.625. The Bertz CT molecular complexity index is 805. The normalized spacial score (nSPS) is 26.2. The standard InChI is InChI=1S/C24H34N4O3/c1-17-5-4-6-20(13-17)25-24(31)26-21-7-2-3-12-27(23(21)30)16-22(29)28-14-18-8-9-19(15-28)11-10-18/h4-6,13,18-19,21H,2-3,7-12,14-16H2,1H3,(H2,25,26,31). The van der Waals surface area contributed by atoms with Crippen molar-refractivity contribution in [3.05, 3.63) is 29.8 Å². The first kappa shape index (κ1) is 21.7. The summed E-state index contributed by atoms with van der Waals surface area (Å²) in [6, 6.07) is 6.56. The van der Waals surface area contributed by atoms with E-state index in [2.05, 4.69) is 10.6 Å². The lowest BCUT2D eigenvalue weighted by Crippen LogP contribution is -2.51. The summed E-state index contributed by atoms with van der Waals surface area (Å²) in [7, 11) is 0. The third-order valence-corrected chi connectivity index (χ3v) is 6.96. The number of anilines is 1. The van der Waals surface area contributed by atoms with Crippen LogP contribution >= 0.6 is 0 Å². The van der Waals surface area contributed by atoms with Crippen LogP contribution in [-0.2, 0) is 9.59 Å². The molecule has 31 heavy (non-hydrogen) atoms. The van der Waals surface area contributed by atoms with E-state index in [1.54, 1.807) is 4.90 Å². The molecule has 0 aromatic heterocycles. The van der Waals surface area contributed by atoms with Gasteiger partial charge in [-0.25, -0.2) is 4.79 Å². The van der Waals surface area contributed by atoms with Gasteiger partial charge in [-0.15, -0.1) is 0 Å². The lowest BCUT2D eigenvalue weighted by atomic mass is 9.84. The largest absolute Gasteiger partial charge is 0.341 e. The van der Waals surface area contributed by atoms with Gasteiger partial charge in [0, 0.05) is 25.3 Å². The molecule has 2 N–H and O–H groups in total. The number of carbonyl (C=O) groups excluding carboxylic acids is 3. The number of hydrogen-bond donors (Lipinski definition) is 2. The van der Waals surface area contributed by atoms with Crippen LogP contribution in [0.1, 0.15) is 50.5 Å². The minimum absolute atomic E-state index is 0.0528. The van der Waals surface area contributed by atoms with Gasteiger partial charge in [0.25, 0.3) is 0 Å². The summed E-state index contributed by atoms with van der Waals surface area (Å²) in [5.74, 6) is 1.13. The van der Waals surface area contributed by atoms with Gasteiger partial charge in [-0.1, -0.05) is 12.1 Å². The molecule has 4 amide bonds. The van der Waals surface area contributed by atoms with Gasteiger partial charge in [0.05, 0.1) is 6.54 Å². The number of amides is 4. The summed E-state index contributed by atoms with van der Waals surface area (Å²) in [6.07, 6.45) is 7.18. The predicted molar refractivity (Wildman–Crippen MR) is 120 cm³/mol. The Morgan fingerprint density at radius 1 is 1.03 bits per heavy atom. The number of rotatable bonds is 4. The quantitative estimate of drug-likeness (QED) is 0.776. The molecule has 1 atom stereocenters. The van der Waals surface area contributed by atoms with E-state index in [9.17, 15) is 14.4 Å². The fourth-order valence-corrected chi connectivity index (χ4v) is 5.21. The Morgan fingerprint density at radius 2 is 1.74 bits per heavy atom. The minimum atomic E-state index is -0.597. The van der Waals surface area contributed by atoms with Crippen LogP contribution in [0.15, 0.2) is 24.3 Å². The maximum atomic E-state index is 13.1. The van der Waals surface area contributed by atoms with Gasteiger partial charge in [0.1, 0.15) is 6.04 Å². The molecule has 4 fully saturated rings. The predicted octanol–water partition coefficient (Wildman–Crippen LogP) is 3.15. The number of fused-ring (bicyclic) bond motifs is 4. The molecule has 2 bridgehead atoms. The number of hydrogen-bond acceptors (Lipinski definition) is 3. The first-order valence-corrected chi connectivity index (χ1v) is 11.7. The molecule has 7 nitrogen and oxygen atoms in total. The van der Waals surface area contributed by atoms with Crippen molar-refractivity contribution in [3.8, 4) is 0 Å². The van der Waals surface area contributed by atoms with Gasteiger partial charge in [0.2, 0.25) is 11.8 Å². The molecule has 1 aromatic rings. The van der Waals surface area contributed by atoms with Gasteiger partial charge < -0.3 is 20.4 Å². The van der Waals surface area contributed by atoms with Crippen LogP contribution in [0.5, 0.6) is 0 Å². The number of aryl methyl sites for hydroxylation is 1. The fourth-order valence-electron chi connectivity index (χ4n) is 5.21. The van der Waals surface area contributed by atoms with Crippen LogP contribution in [0.4, 0.5) is 10.5 Å². The Kier molecular flexibility index (Phi) is 6.78. The average molecular weight is 427 g/mol. The zero-order valence-corrected chi connectivity index (χ0v) is 18.4. The molecule has 1 unspecified atom stereocenters. The van der Waals surface area contributed by atoms with Crippen molar-refractivity contribution in [2.75, 3.05) is 31.5 Å². The molecule has 1 saturated carbocycles. The van der Waals surface area contributed by atoms with Gasteiger partial charge >= 0.3 is 6.03 Å². The Hall–Kier alpha value is -2.57. The van der Waals surface area contributed by atoms with E-state index >= 15 is 0 Å². The van der Waals surface area contributed by atoms with Crippen molar-refractivity contribution in [2.45, 2.75) is 57.9 Å². The van der Waals surface area contributed by atoms with Gasteiger partial charge in [0.15, 0.2) is 0 Å². The molecule has 1 aliphatic carbocycles. The lowest BCUT2D eigenvalue weighted by molar-refractivity contribution is -0.141. The van der Waals surface area contributed by atoms with Crippen molar-refractivity contribution in [1.29, 1.82) is 0 Å². The Morgan fingerprint density at radius 3 is 2.42 bits per heavy atom. The molecule has 5 rings (SSSR count). The average Bonchev–Trinajstić information content (AvgIpc) is 3.15. The first-order valence-electron chi connectivity index (χ1n) is 11.7. The van der Waals surface area contributed by atoms with Gasteiger partial charge in [-0.05, 0) is 81.4 Å². The molecule has 1 aromatic carbocycles. The second-order valence-corrected chi connectivity index (χ2v) is 9.46. The molecule has 3 aliphatic heterocycles. The minimum Gasteiger partial charge on any atom is -0.341 e. The smallest absolute Gasteiger partial charge is 0.319 e. The van der Waals surface area contributed by atoms with Crippen molar-refractivity contribution < 1.29 is 14.4 Å². The van der Waals surface area contributed by atoms with Crippen molar-refractivity contribution in [3.63, 3.8) is 0 Å². The molecule has 7 heteroatoms. The highest BCUT2D eigenvalue weighted by atomic mass is 16.2. The number of nitrogens with zero attached hydrogens (tertiary/aromatic N) is 2. The van der Waals surface area contributed by atoms with Crippen LogP contribution in [0.3, 0.4) is 0 Å². The van der Waals surface area contributed by atoms with E-state index in [4.69, 9.17) is 0 Å². The number of carbonyl (C=O) groups is 3. The first-order chi connectivity index (χ1) is 15.0. The van der Waals surface area contributed by atoms with Crippen molar-refractivity contribution >= 4 is 23.5 Å². The lowest BCUT2D eigenvalue weighted by Gasteiger charge is -2.29. The monoisotopic (exact) mass is 426 g/mol. The summed E-state index contributed by atoms with van der Waals surface area (Å²) >= 11 is 0. The highest BCUT2D eigenvalue weighted by molar-refractivity contribution is 5.95. The number of benzene rings is 1. The third-order valence-electron chi connectivity index (χ3n) is 6.96. The van der Waals surface area contributed by atoms with Crippen molar-refractivity contribution in [2.24, 2.45) is 11.8 Å². The van der Waals surface area contributed by atoms with Crippen LogP contribution in [0.2, 0.25) is 0 Å². The van der Waals surface area contributed by atoms with Crippen LogP contribution in [0, 0.1) is 18.8 Å². The Balaban J connectivity index is 1.34. The molecule has 0 radical (unpaired) electrons. The van der Waals surface area contributed by atoms with E-state index in [1.165, 1.54) is 25.7 Å². The maximum absolute atomic E-state index is 13.1. The Labute approximate surface area is 184 Å². The van der Waals surface area contributed by atoms with Crippen LogP contribution in [0.25, 0.3) is 0 Å². The summed E-state index contributed by atoms with van der Waals surface area (Å²) in [5.41, 5.74) is 1.75.